The molecule has 0 aromatic heterocycles. The quantitative estimate of drug-likeness (QED) is 0.0169. The first kappa shape index (κ1) is 72.5. The molecule has 0 aliphatic carbocycles. The number of esters is 4. The number of phosphoric acid groups is 2. The van der Waals surface area contributed by atoms with Crippen LogP contribution in [0.5, 0.6) is 0 Å². The van der Waals surface area contributed by atoms with Crippen LogP contribution >= 0.6 is 15.6 Å². The summed E-state index contributed by atoms with van der Waals surface area (Å²) in [6.45, 7) is 4.57. The van der Waals surface area contributed by atoms with E-state index in [0.29, 0.717) is 25.7 Å². The number of ether oxygens (including phenoxy) is 4. The van der Waals surface area contributed by atoms with E-state index in [-0.39, 0.29) is 25.7 Å². The van der Waals surface area contributed by atoms with Gasteiger partial charge in [0.25, 0.3) is 0 Å². The largest absolute Gasteiger partial charge is 0.472 e. The van der Waals surface area contributed by atoms with Crippen LogP contribution in [0.3, 0.4) is 0 Å². The SMILES string of the molecule is CCCCCC/C=C\C=C/CCCCCCCC(=O)O[C@H](COC(=O)CCCCCCCCCCCC)COP(=O)(O)OC[C@@H](O)COP(=O)(O)OC[C@@H](COC(=O)CCCCCCC)OC(=O)CCCCCCC. The topological polar surface area (TPSA) is 237 Å². The zero-order valence-corrected chi connectivity index (χ0v) is 48.8. The van der Waals surface area contributed by atoms with Gasteiger partial charge in [0, 0.05) is 25.7 Å². The van der Waals surface area contributed by atoms with E-state index >= 15 is 0 Å². The molecule has 0 aliphatic rings. The molecule has 0 fully saturated rings. The predicted molar refractivity (Wildman–Crippen MR) is 294 cm³/mol. The summed E-state index contributed by atoms with van der Waals surface area (Å²) in [5.41, 5.74) is 0. The molecule has 0 aromatic carbocycles. The number of allylic oxidation sites excluding steroid dienone is 4. The number of carbonyl (C=O) groups excluding carboxylic acids is 4. The fourth-order valence-corrected chi connectivity index (χ4v) is 9.26. The highest BCUT2D eigenvalue weighted by Crippen LogP contribution is 2.45. The highest BCUT2D eigenvalue weighted by Gasteiger charge is 2.30. The van der Waals surface area contributed by atoms with Crippen LogP contribution in [-0.2, 0) is 65.4 Å². The lowest BCUT2D eigenvalue weighted by atomic mass is 10.1. The highest BCUT2D eigenvalue weighted by atomic mass is 31.2. The minimum absolute atomic E-state index is 0.0849. The van der Waals surface area contributed by atoms with Gasteiger partial charge >= 0.3 is 39.5 Å². The Bertz CT molecular complexity index is 1560. The third-order valence-electron chi connectivity index (χ3n) is 12.2. The Kier molecular flexibility index (Phi) is 49.3. The van der Waals surface area contributed by atoms with E-state index < -0.39 is 97.5 Å². The first-order chi connectivity index (χ1) is 36.2. The monoisotopic (exact) mass is 1110 g/mol. The van der Waals surface area contributed by atoms with Crippen molar-refractivity contribution in [1.29, 1.82) is 0 Å². The second-order valence-corrected chi connectivity index (χ2v) is 22.5. The molecule has 5 atom stereocenters. The van der Waals surface area contributed by atoms with Crippen molar-refractivity contribution >= 4 is 39.5 Å². The van der Waals surface area contributed by atoms with Crippen LogP contribution in [0.1, 0.15) is 252 Å². The van der Waals surface area contributed by atoms with Gasteiger partial charge in [-0.3, -0.25) is 37.3 Å². The van der Waals surface area contributed by atoms with Gasteiger partial charge in [-0.05, 0) is 51.4 Å². The molecule has 0 aromatic rings. The van der Waals surface area contributed by atoms with Crippen LogP contribution in [0, 0.1) is 0 Å². The van der Waals surface area contributed by atoms with Crippen molar-refractivity contribution in [3.05, 3.63) is 24.3 Å². The molecule has 0 aliphatic heterocycles. The summed E-state index contributed by atoms with van der Waals surface area (Å²) in [5, 5.41) is 10.4. The Morgan fingerprint density at radius 2 is 0.640 bits per heavy atom. The average Bonchev–Trinajstić information content (AvgIpc) is 3.38. The normalized spacial score (nSPS) is 14.6. The zero-order chi connectivity index (χ0) is 55.5. The Labute approximate surface area is 452 Å². The summed E-state index contributed by atoms with van der Waals surface area (Å²) in [6.07, 6.45) is 36.4. The molecule has 19 heteroatoms. The van der Waals surface area contributed by atoms with Gasteiger partial charge < -0.3 is 33.8 Å². The number of carbonyl (C=O) groups is 4. The molecule has 17 nitrogen and oxygen atoms in total. The zero-order valence-electron chi connectivity index (χ0n) is 47.0. The number of phosphoric ester groups is 2. The summed E-state index contributed by atoms with van der Waals surface area (Å²) >= 11 is 0. The molecule has 0 saturated heterocycles. The highest BCUT2D eigenvalue weighted by molar-refractivity contribution is 7.47. The summed E-state index contributed by atoms with van der Waals surface area (Å²) in [7, 11) is -9.86. The molecule has 0 bridgehead atoms. The molecule has 0 rings (SSSR count). The van der Waals surface area contributed by atoms with Crippen molar-refractivity contribution in [2.75, 3.05) is 39.6 Å². The van der Waals surface area contributed by atoms with Gasteiger partial charge in [0.05, 0.1) is 26.4 Å². The average molecular weight is 1110 g/mol. The molecular formula is C56H104O17P2. The van der Waals surface area contributed by atoms with E-state index in [4.69, 9.17) is 37.0 Å². The van der Waals surface area contributed by atoms with Crippen molar-refractivity contribution in [1.82, 2.24) is 0 Å². The van der Waals surface area contributed by atoms with Crippen LogP contribution in [0.25, 0.3) is 0 Å². The van der Waals surface area contributed by atoms with Gasteiger partial charge in [-0.2, -0.15) is 0 Å². The Balaban J connectivity index is 5.17. The number of aliphatic hydroxyl groups excluding tert-OH is 1. The molecule has 0 spiro atoms. The molecule has 75 heavy (non-hydrogen) atoms. The van der Waals surface area contributed by atoms with E-state index in [1.54, 1.807) is 0 Å². The molecular weight excluding hydrogens is 1010 g/mol. The summed E-state index contributed by atoms with van der Waals surface area (Å²) in [6, 6.07) is 0. The molecule has 0 saturated carbocycles. The van der Waals surface area contributed by atoms with Crippen molar-refractivity contribution in [3.63, 3.8) is 0 Å². The number of aliphatic hydroxyl groups is 1. The molecule has 0 amide bonds. The first-order valence-corrected chi connectivity index (χ1v) is 32.1. The van der Waals surface area contributed by atoms with Gasteiger partial charge in [-0.15, -0.1) is 0 Å². The molecule has 0 radical (unpaired) electrons. The Hall–Kier alpha value is -2.46. The van der Waals surface area contributed by atoms with Gasteiger partial charge in [0.15, 0.2) is 12.2 Å². The standard InChI is InChI=1S/C56H104O17P2/c1-5-9-13-17-19-21-23-24-25-26-27-29-31-35-39-43-56(61)73-52(47-67-54(59)41-37-34-30-28-22-20-18-14-10-6-2)49-71-75(64,65)69-45-50(57)44-68-74(62,63)70-48-51(72-55(60)42-38-33-16-12-8-4)46-66-53(58)40-36-32-15-11-7-3/h21,23-25,50-52,57H,5-20,22,26-49H2,1-4H3,(H,62,63)(H,64,65)/b23-21-,25-24-/t50-,51+,52+/m0/s1. The first-order valence-electron chi connectivity index (χ1n) is 29.1. The van der Waals surface area contributed by atoms with Crippen molar-refractivity contribution in [2.45, 2.75) is 271 Å². The predicted octanol–water partition coefficient (Wildman–Crippen LogP) is 14.4. The van der Waals surface area contributed by atoms with E-state index in [9.17, 15) is 43.2 Å². The fraction of sp³-hybridized carbons (Fsp3) is 0.857. The number of rotatable bonds is 55. The summed E-state index contributed by atoms with van der Waals surface area (Å²) < 4.78 is 67.2. The van der Waals surface area contributed by atoms with E-state index in [1.807, 2.05) is 0 Å². The van der Waals surface area contributed by atoms with Crippen LogP contribution in [0.15, 0.2) is 24.3 Å². The molecule has 3 N–H and O–H groups in total. The maximum Gasteiger partial charge on any atom is 0.472 e. The Morgan fingerprint density at radius 1 is 0.373 bits per heavy atom. The lowest BCUT2D eigenvalue weighted by Gasteiger charge is -2.21. The third-order valence-corrected chi connectivity index (χ3v) is 14.1. The van der Waals surface area contributed by atoms with E-state index in [2.05, 4.69) is 52.0 Å². The fourth-order valence-electron chi connectivity index (χ4n) is 7.68. The minimum Gasteiger partial charge on any atom is -0.462 e. The van der Waals surface area contributed by atoms with E-state index in [1.165, 1.54) is 64.2 Å². The smallest absolute Gasteiger partial charge is 0.462 e. The maximum absolute atomic E-state index is 12.9. The van der Waals surface area contributed by atoms with Crippen LogP contribution < -0.4 is 0 Å². The van der Waals surface area contributed by atoms with Crippen LogP contribution in [0.4, 0.5) is 0 Å². The van der Waals surface area contributed by atoms with Crippen molar-refractivity contribution in [3.8, 4) is 0 Å². The second-order valence-electron chi connectivity index (χ2n) is 19.6. The lowest BCUT2D eigenvalue weighted by molar-refractivity contribution is -0.161. The molecule has 0 heterocycles. The minimum atomic E-state index is -4.94. The maximum atomic E-state index is 12.9. The van der Waals surface area contributed by atoms with Gasteiger partial charge in [-0.25, -0.2) is 9.13 Å². The van der Waals surface area contributed by atoms with Gasteiger partial charge in [0.2, 0.25) is 0 Å². The van der Waals surface area contributed by atoms with Gasteiger partial charge in [-0.1, -0.05) is 200 Å². The van der Waals surface area contributed by atoms with Crippen LogP contribution in [0.2, 0.25) is 0 Å². The number of hydrogen-bond donors (Lipinski definition) is 3. The summed E-state index contributed by atoms with van der Waals surface area (Å²) in [4.78, 5) is 71.3. The molecule has 2 unspecified atom stereocenters. The van der Waals surface area contributed by atoms with Crippen molar-refractivity contribution < 1.29 is 80.2 Å². The third kappa shape index (κ3) is 50.8. The summed E-state index contributed by atoms with van der Waals surface area (Å²) in [5.74, 6) is -2.20. The number of unbranched alkanes of at least 4 members (excludes halogenated alkanes) is 26. The molecule has 440 valence electrons. The van der Waals surface area contributed by atoms with Gasteiger partial charge in [0.1, 0.15) is 19.3 Å². The second kappa shape index (κ2) is 51.0. The van der Waals surface area contributed by atoms with Crippen molar-refractivity contribution in [2.24, 2.45) is 0 Å². The Morgan fingerprint density at radius 3 is 0.973 bits per heavy atom. The lowest BCUT2D eigenvalue weighted by Crippen LogP contribution is -2.30. The number of hydrogen-bond acceptors (Lipinski definition) is 15. The van der Waals surface area contributed by atoms with E-state index in [0.717, 1.165) is 109 Å². The van der Waals surface area contributed by atoms with Crippen LogP contribution in [-0.4, -0.2) is 96.7 Å².